The van der Waals surface area contributed by atoms with E-state index < -0.39 is 6.16 Å². The molecule has 0 saturated heterocycles. The molecule has 1 aromatic carbocycles. The first-order valence-electron chi connectivity index (χ1n) is 4.19. The van der Waals surface area contributed by atoms with Crippen molar-refractivity contribution >= 4 is 29.0 Å². The molecule has 2 N–H and O–H groups in total. The first-order chi connectivity index (χ1) is 7.25. The first kappa shape index (κ1) is 9.85. The number of H-pyrrole nitrogens is 1. The first-order valence-corrected chi connectivity index (χ1v) is 5.17. The maximum absolute atomic E-state index is 10.1. The number of nitrogens with zero attached hydrogens (tertiary/aromatic N) is 1. The van der Waals surface area contributed by atoms with Crippen molar-refractivity contribution in [2.75, 3.05) is 5.94 Å². The van der Waals surface area contributed by atoms with Gasteiger partial charge >= 0.3 is 6.16 Å². The molecule has 0 spiro atoms. The van der Waals surface area contributed by atoms with Gasteiger partial charge in [-0.2, -0.15) is 0 Å². The molecule has 2 rings (SSSR count). The number of benzene rings is 1. The summed E-state index contributed by atoms with van der Waals surface area (Å²) in [7, 11) is 0. The number of hydrogen-bond acceptors (Lipinski definition) is 4. The summed E-state index contributed by atoms with van der Waals surface area (Å²) in [6.45, 7) is 0. The van der Waals surface area contributed by atoms with Crippen LogP contribution in [0.5, 0.6) is 0 Å². The molecule has 0 radical (unpaired) electrons. The number of carbonyl (C=O) groups is 1. The molecule has 78 valence electrons. The Morgan fingerprint density at radius 3 is 3.07 bits per heavy atom. The predicted molar refractivity (Wildman–Crippen MR) is 55.9 cm³/mol. The highest BCUT2D eigenvalue weighted by atomic mass is 32.2. The molecule has 0 amide bonds. The molecule has 0 bridgehead atoms. The smallest absolute Gasteiger partial charge is 0.450 e. The molecule has 0 aliphatic heterocycles. The zero-order valence-corrected chi connectivity index (χ0v) is 8.45. The number of ether oxygens (including phenoxy) is 1. The second kappa shape index (κ2) is 4.22. The Balaban J connectivity index is 2.05. The standard InChI is InChI=1S/C9H8N2O3S/c12-9(13)14-5-15-8-10-6-3-1-2-4-7(6)11-8/h1-4H,5H2,(H,10,11)(H,12,13). The van der Waals surface area contributed by atoms with Crippen LogP contribution in [0, 0.1) is 0 Å². The van der Waals surface area contributed by atoms with E-state index in [0.717, 1.165) is 11.0 Å². The van der Waals surface area contributed by atoms with Gasteiger partial charge in [0.1, 0.15) is 5.94 Å². The van der Waals surface area contributed by atoms with Gasteiger partial charge in [0.05, 0.1) is 11.0 Å². The van der Waals surface area contributed by atoms with Crippen LogP contribution in [0.15, 0.2) is 29.4 Å². The third-order valence-electron chi connectivity index (χ3n) is 1.75. The van der Waals surface area contributed by atoms with Crippen molar-refractivity contribution in [1.82, 2.24) is 9.97 Å². The Labute approximate surface area is 89.5 Å². The minimum absolute atomic E-state index is 0.0369. The molecule has 0 aliphatic carbocycles. The van der Waals surface area contributed by atoms with Crippen molar-refractivity contribution in [3.8, 4) is 0 Å². The molecule has 2 aromatic rings. The van der Waals surface area contributed by atoms with Gasteiger partial charge in [-0.25, -0.2) is 9.78 Å². The van der Waals surface area contributed by atoms with E-state index in [2.05, 4.69) is 14.7 Å². The number of hydrogen-bond donors (Lipinski definition) is 2. The number of carboxylic acid groups (broad SMARTS) is 1. The lowest BCUT2D eigenvalue weighted by atomic mass is 10.3. The fourth-order valence-electron chi connectivity index (χ4n) is 1.13. The topological polar surface area (TPSA) is 75.2 Å². The minimum Gasteiger partial charge on any atom is -0.450 e. The van der Waals surface area contributed by atoms with Crippen molar-refractivity contribution in [3.05, 3.63) is 24.3 Å². The van der Waals surface area contributed by atoms with Crippen LogP contribution in [0.4, 0.5) is 4.79 Å². The van der Waals surface area contributed by atoms with E-state index >= 15 is 0 Å². The van der Waals surface area contributed by atoms with Crippen molar-refractivity contribution in [1.29, 1.82) is 0 Å². The number of nitrogens with one attached hydrogen (secondary N) is 1. The van der Waals surface area contributed by atoms with Crippen LogP contribution < -0.4 is 0 Å². The van der Waals surface area contributed by atoms with E-state index in [1.807, 2.05) is 24.3 Å². The lowest BCUT2D eigenvalue weighted by Gasteiger charge is -1.95. The van der Waals surface area contributed by atoms with Crippen LogP contribution in [-0.4, -0.2) is 27.2 Å². The maximum atomic E-state index is 10.1. The van der Waals surface area contributed by atoms with E-state index in [1.54, 1.807) is 0 Å². The van der Waals surface area contributed by atoms with Gasteiger partial charge in [-0.3, -0.25) is 0 Å². The van der Waals surface area contributed by atoms with E-state index in [9.17, 15) is 4.79 Å². The van der Waals surface area contributed by atoms with Crippen LogP contribution >= 0.6 is 11.8 Å². The average molecular weight is 224 g/mol. The summed E-state index contributed by atoms with van der Waals surface area (Å²) >= 11 is 1.20. The highest BCUT2D eigenvalue weighted by molar-refractivity contribution is 7.99. The molecule has 15 heavy (non-hydrogen) atoms. The molecule has 0 atom stereocenters. The number of aromatic nitrogens is 2. The van der Waals surface area contributed by atoms with Gasteiger partial charge in [0.15, 0.2) is 5.16 Å². The molecular formula is C9H8N2O3S. The molecule has 0 fully saturated rings. The quantitative estimate of drug-likeness (QED) is 0.475. The van der Waals surface area contributed by atoms with Crippen LogP contribution in [0.25, 0.3) is 11.0 Å². The molecule has 0 aliphatic rings. The Hall–Kier alpha value is -1.69. The van der Waals surface area contributed by atoms with E-state index in [1.165, 1.54) is 11.8 Å². The fraction of sp³-hybridized carbons (Fsp3) is 0.111. The number of thioether (sulfide) groups is 1. The largest absolute Gasteiger partial charge is 0.506 e. The van der Waals surface area contributed by atoms with Crippen molar-refractivity contribution < 1.29 is 14.6 Å². The van der Waals surface area contributed by atoms with Gasteiger partial charge < -0.3 is 14.8 Å². The zero-order valence-electron chi connectivity index (χ0n) is 7.64. The minimum atomic E-state index is -1.28. The normalized spacial score (nSPS) is 10.4. The van der Waals surface area contributed by atoms with Crippen LogP contribution in [0.2, 0.25) is 0 Å². The third kappa shape index (κ3) is 2.41. The molecule has 0 unspecified atom stereocenters. The Morgan fingerprint density at radius 1 is 1.53 bits per heavy atom. The van der Waals surface area contributed by atoms with Gasteiger partial charge in [0, 0.05) is 0 Å². The lowest BCUT2D eigenvalue weighted by molar-refractivity contribution is 0.109. The summed E-state index contributed by atoms with van der Waals surface area (Å²) in [5.41, 5.74) is 1.78. The van der Waals surface area contributed by atoms with Gasteiger partial charge in [0.2, 0.25) is 0 Å². The zero-order chi connectivity index (χ0) is 10.7. The van der Waals surface area contributed by atoms with Crippen LogP contribution in [-0.2, 0) is 4.74 Å². The molecular weight excluding hydrogens is 216 g/mol. The molecule has 6 heteroatoms. The average Bonchev–Trinajstić information content (AvgIpc) is 2.59. The van der Waals surface area contributed by atoms with Crippen molar-refractivity contribution in [2.45, 2.75) is 5.16 Å². The molecule has 5 nitrogen and oxygen atoms in total. The Kier molecular flexibility index (Phi) is 2.77. The summed E-state index contributed by atoms with van der Waals surface area (Å²) in [4.78, 5) is 17.4. The monoisotopic (exact) mass is 224 g/mol. The number of aromatic amines is 1. The lowest BCUT2D eigenvalue weighted by Crippen LogP contribution is -1.98. The van der Waals surface area contributed by atoms with Crippen molar-refractivity contribution in [3.63, 3.8) is 0 Å². The number of fused-ring (bicyclic) bond motifs is 1. The van der Waals surface area contributed by atoms with Gasteiger partial charge in [-0.1, -0.05) is 12.1 Å². The summed E-state index contributed by atoms with van der Waals surface area (Å²) in [6, 6.07) is 7.59. The van der Waals surface area contributed by atoms with Crippen molar-refractivity contribution in [2.24, 2.45) is 0 Å². The van der Waals surface area contributed by atoms with E-state index in [4.69, 9.17) is 5.11 Å². The van der Waals surface area contributed by atoms with E-state index in [-0.39, 0.29) is 5.94 Å². The summed E-state index contributed by atoms with van der Waals surface area (Å²) in [6.07, 6.45) is -1.28. The molecule has 1 aromatic heterocycles. The number of para-hydroxylation sites is 2. The molecule has 1 heterocycles. The fourth-order valence-corrected chi connectivity index (χ4v) is 1.75. The summed E-state index contributed by atoms with van der Waals surface area (Å²) in [5.74, 6) is 0.0369. The van der Waals surface area contributed by atoms with Crippen LogP contribution in [0.1, 0.15) is 0 Å². The molecule has 0 saturated carbocycles. The van der Waals surface area contributed by atoms with E-state index in [0.29, 0.717) is 5.16 Å². The second-order valence-electron chi connectivity index (χ2n) is 2.73. The highest BCUT2D eigenvalue weighted by Gasteiger charge is 2.03. The van der Waals surface area contributed by atoms with Crippen LogP contribution in [0.3, 0.4) is 0 Å². The maximum Gasteiger partial charge on any atom is 0.506 e. The second-order valence-corrected chi connectivity index (χ2v) is 3.64. The van der Waals surface area contributed by atoms with Gasteiger partial charge in [-0.15, -0.1) is 0 Å². The number of rotatable bonds is 3. The highest BCUT2D eigenvalue weighted by Crippen LogP contribution is 2.18. The number of imidazole rings is 1. The Bertz CT molecular complexity index is 450. The third-order valence-corrected chi connectivity index (χ3v) is 2.45. The SMILES string of the molecule is O=C(O)OCSc1nc2ccccc2[nH]1. The predicted octanol–water partition coefficient (Wildman–Crippen LogP) is 2.31. The summed E-state index contributed by atoms with van der Waals surface area (Å²) in [5, 5.41) is 8.92. The summed E-state index contributed by atoms with van der Waals surface area (Å²) < 4.78 is 4.36. The Morgan fingerprint density at radius 2 is 2.33 bits per heavy atom. The van der Waals surface area contributed by atoms with Gasteiger partial charge in [0.25, 0.3) is 0 Å². The van der Waals surface area contributed by atoms with Gasteiger partial charge in [-0.05, 0) is 23.9 Å².